The van der Waals surface area contributed by atoms with E-state index >= 15 is 0 Å². The Morgan fingerprint density at radius 1 is 0.564 bits per heavy atom. The molecule has 0 saturated heterocycles. The van der Waals surface area contributed by atoms with Crippen molar-refractivity contribution in [3.05, 3.63) is 172 Å². The molecule has 0 radical (unpaired) electrons. The molecule has 0 bridgehead atoms. The first-order valence-electron chi connectivity index (χ1n) is 12.8. The van der Waals surface area contributed by atoms with Gasteiger partial charge in [0, 0.05) is 0 Å². The van der Waals surface area contributed by atoms with Crippen molar-refractivity contribution in [1.82, 2.24) is 4.98 Å². The summed E-state index contributed by atoms with van der Waals surface area (Å²) in [6.45, 7) is 0. The standard InChI is InChI=1S/C36H24N2S/c37-25-31(36-38-32-18-10-11-19-33(32)39-36)24-26-20-22-30(23-21-26)35(29-16-8-3-9-17-29)34(27-12-4-1-5-13-27)28-14-6-2-7-15-28/h1-24H/b31-24+. The van der Waals surface area contributed by atoms with E-state index in [1.54, 1.807) is 11.3 Å². The number of fused-ring (bicyclic) bond motifs is 1. The molecule has 3 heteroatoms. The summed E-state index contributed by atoms with van der Waals surface area (Å²) in [7, 11) is 0. The topological polar surface area (TPSA) is 36.7 Å². The van der Waals surface area contributed by atoms with Gasteiger partial charge in [0.1, 0.15) is 11.1 Å². The highest BCUT2D eigenvalue weighted by Crippen LogP contribution is 2.37. The van der Waals surface area contributed by atoms with E-state index in [0.29, 0.717) is 5.57 Å². The number of hydrogen-bond acceptors (Lipinski definition) is 3. The smallest absolute Gasteiger partial charge is 0.135 e. The molecule has 2 nitrogen and oxygen atoms in total. The van der Waals surface area contributed by atoms with Crippen LogP contribution in [-0.2, 0) is 0 Å². The highest BCUT2D eigenvalue weighted by Gasteiger charge is 2.16. The zero-order chi connectivity index (χ0) is 26.4. The van der Waals surface area contributed by atoms with Crippen LogP contribution in [0.25, 0.3) is 33.0 Å². The van der Waals surface area contributed by atoms with Gasteiger partial charge in [-0.05, 0) is 57.2 Å². The summed E-state index contributed by atoms with van der Waals surface area (Å²) in [5.41, 5.74) is 9.37. The fourth-order valence-corrected chi connectivity index (χ4v) is 5.70. The minimum atomic E-state index is 0.567. The number of para-hydroxylation sites is 1. The number of allylic oxidation sites excluding steroid dienone is 1. The summed E-state index contributed by atoms with van der Waals surface area (Å²) < 4.78 is 1.08. The highest BCUT2D eigenvalue weighted by atomic mass is 32.1. The molecule has 5 aromatic carbocycles. The zero-order valence-electron chi connectivity index (χ0n) is 21.2. The predicted octanol–water partition coefficient (Wildman–Crippen LogP) is 9.37. The average Bonchev–Trinajstić information content (AvgIpc) is 3.45. The molecule has 1 heterocycles. The van der Waals surface area contributed by atoms with E-state index in [1.807, 2.05) is 48.5 Å². The van der Waals surface area contributed by atoms with E-state index in [1.165, 1.54) is 5.57 Å². The molecule has 0 atom stereocenters. The number of rotatable bonds is 6. The van der Waals surface area contributed by atoms with Gasteiger partial charge in [0.2, 0.25) is 0 Å². The first-order chi connectivity index (χ1) is 19.3. The summed E-state index contributed by atoms with van der Waals surface area (Å²) in [6, 6.07) is 50.4. The lowest BCUT2D eigenvalue weighted by atomic mass is 9.85. The van der Waals surface area contributed by atoms with E-state index in [9.17, 15) is 5.26 Å². The van der Waals surface area contributed by atoms with Crippen LogP contribution >= 0.6 is 11.3 Å². The quantitative estimate of drug-likeness (QED) is 0.163. The summed E-state index contributed by atoms with van der Waals surface area (Å²) in [6.07, 6.45) is 1.92. The van der Waals surface area contributed by atoms with Crippen molar-refractivity contribution in [2.24, 2.45) is 0 Å². The van der Waals surface area contributed by atoms with Gasteiger partial charge in [-0.1, -0.05) is 127 Å². The van der Waals surface area contributed by atoms with Gasteiger partial charge in [0.05, 0.1) is 15.8 Å². The maximum absolute atomic E-state index is 9.92. The molecular formula is C36H24N2S. The Hall–Kier alpha value is -5.04. The molecule has 6 aromatic rings. The van der Waals surface area contributed by atoms with E-state index in [0.717, 1.165) is 48.6 Å². The molecule has 184 valence electrons. The van der Waals surface area contributed by atoms with E-state index in [-0.39, 0.29) is 0 Å². The SMILES string of the molecule is N#C/C(=C\c1ccc(C(=C(c2ccccc2)c2ccccc2)c2ccccc2)cc1)c1nc2ccccc2s1. The third-order valence-electron chi connectivity index (χ3n) is 6.59. The van der Waals surface area contributed by atoms with Crippen LogP contribution in [0.3, 0.4) is 0 Å². The minimum Gasteiger partial charge on any atom is -0.235 e. The van der Waals surface area contributed by atoms with Gasteiger partial charge in [-0.25, -0.2) is 4.98 Å². The molecule has 6 rings (SSSR count). The molecule has 0 N–H and O–H groups in total. The summed E-state index contributed by atoms with van der Waals surface area (Å²) in [5, 5.41) is 10.7. The highest BCUT2D eigenvalue weighted by molar-refractivity contribution is 7.19. The molecule has 0 spiro atoms. The molecule has 39 heavy (non-hydrogen) atoms. The summed E-state index contributed by atoms with van der Waals surface area (Å²) >= 11 is 1.54. The van der Waals surface area contributed by atoms with Crippen LogP contribution in [0, 0.1) is 11.3 Å². The second kappa shape index (κ2) is 11.1. The Bertz CT molecular complexity index is 1750. The Morgan fingerprint density at radius 2 is 1.03 bits per heavy atom. The Morgan fingerprint density at radius 3 is 1.51 bits per heavy atom. The van der Waals surface area contributed by atoms with Gasteiger partial charge >= 0.3 is 0 Å². The van der Waals surface area contributed by atoms with Gasteiger partial charge in [-0.2, -0.15) is 5.26 Å². The van der Waals surface area contributed by atoms with E-state index in [2.05, 4.69) is 108 Å². The number of benzene rings is 5. The van der Waals surface area contributed by atoms with Gasteiger partial charge in [0.15, 0.2) is 0 Å². The number of nitrogens with zero attached hydrogens (tertiary/aromatic N) is 2. The van der Waals surface area contributed by atoms with Crippen LogP contribution in [0.15, 0.2) is 140 Å². The normalized spacial score (nSPS) is 11.2. The van der Waals surface area contributed by atoms with Crippen LogP contribution in [-0.4, -0.2) is 4.98 Å². The number of aromatic nitrogens is 1. The molecule has 0 aliphatic carbocycles. The van der Waals surface area contributed by atoms with Gasteiger partial charge in [0.25, 0.3) is 0 Å². The first kappa shape index (κ1) is 24.3. The lowest BCUT2D eigenvalue weighted by Gasteiger charge is -2.18. The van der Waals surface area contributed by atoms with E-state index in [4.69, 9.17) is 0 Å². The Kier molecular flexibility index (Phi) is 6.95. The fraction of sp³-hybridized carbons (Fsp3) is 0. The second-order valence-electron chi connectivity index (χ2n) is 9.13. The molecule has 0 unspecified atom stereocenters. The third-order valence-corrected chi connectivity index (χ3v) is 7.66. The largest absolute Gasteiger partial charge is 0.235 e. The molecule has 0 aliphatic heterocycles. The van der Waals surface area contributed by atoms with Crippen molar-refractivity contribution < 1.29 is 0 Å². The van der Waals surface area contributed by atoms with Crippen molar-refractivity contribution in [3.63, 3.8) is 0 Å². The number of hydrogen-bond donors (Lipinski definition) is 0. The van der Waals surface area contributed by atoms with Crippen LogP contribution < -0.4 is 0 Å². The maximum atomic E-state index is 9.92. The Balaban J connectivity index is 1.48. The summed E-state index contributed by atoms with van der Waals surface area (Å²) in [4.78, 5) is 4.68. The third kappa shape index (κ3) is 5.20. The predicted molar refractivity (Wildman–Crippen MR) is 164 cm³/mol. The van der Waals surface area contributed by atoms with Crippen LogP contribution in [0.5, 0.6) is 0 Å². The van der Waals surface area contributed by atoms with Crippen molar-refractivity contribution in [1.29, 1.82) is 5.26 Å². The van der Waals surface area contributed by atoms with Crippen molar-refractivity contribution in [3.8, 4) is 6.07 Å². The zero-order valence-corrected chi connectivity index (χ0v) is 22.0. The van der Waals surface area contributed by atoms with Gasteiger partial charge < -0.3 is 0 Å². The lowest BCUT2D eigenvalue weighted by molar-refractivity contribution is 1.43. The molecule has 1 aromatic heterocycles. The lowest BCUT2D eigenvalue weighted by Crippen LogP contribution is -1.97. The number of thiazole rings is 1. The monoisotopic (exact) mass is 516 g/mol. The molecule has 0 saturated carbocycles. The maximum Gasteiger partial charge on any atom is 0.135 e. The molecular weight excluding hydrogens is 492 g/mol. The average molecular weight is 517 g/mol. The van der Waals surface area contributed by atoms with Crippen molar-refractivity contribution in [2.75, 3.05) is 0 Å². The fourth-order valence-electron chi connectivity index (χ4n) is 4.77. The van der Waals surface area contributed by atoms with Crippen LogP contribution in [0.2, 0.25) is 0 Å². The Labute approximate surface area is 232 Å². The second-order valence-corrected chi connectivity index (χ2v) is 10.2. The minimum absolute atomic E-state index is 0.567. The summed E-state index contributed by atoms with van der Waals surface area (Å²) in [5.74, 6) is 0. The number of nitriles is 1. The van der Waals surface area contributed by atoms with E-state index < -0.39 is 0 Å². The van der Waals surface area contributed by atoms with Crippen molar-refractivity contribution in [2.45, 2.75) is 0 Å². The van der Waals surface area contributed by atoms with Gasteiger partial charge in [-0.15, -0.1) is 11.3 Å². The molecule has 0 aliphatic rings. The first-order valence-corrected chi connectivity index (χ1v) is 13.6. The van der Waals surface area contributed by atoms with Gasteiger partial charge in [-0.3, -0.25) is 0 Å². The molecule has 0 fully saturated rings. The van der Waals surface area contributed by atoms with Crippen molar-refractivity contribution >= 4 is 44.3 Å². The van der Waals surface area contributed by atoms with Crippen LogP contribution in [0.1, 0.15) is 32.8 Å². The molecule has 0 amide bonds. The van der Waals surface area contributed by atoms with Crippen LogP contribution in [0.4, 0.5) is 0 Å².